The highest BCUT2D eigenvalue weighted by Gasteiger charge is 2.22. The van der Waals surface area contributed by atoms with Crippen molar-refractivity contribution in [3.8, 4) is 0 Å². The van der Waals surface area contributed by atoms with Gasteiger partial charge in [0.05, 0.1) is 0 Å². The maximum Gasteiger partial charge on any atom is 0.0375 e. The lowest BCUT2D eigenvalue weighted by Gasteiger charge is -2.29. The molecular weight excluding hydrogens is 170 g/mol. The summed E-state index contributed by atoms with van der Waals surface area (Å²) in [6, 6.07) is 6.75. The highest BCUT2D eigenvalue weighted by molar-refractivity contribution is 5.56. The topological polar surface area (TPSA) is 12.0 Å². The Bertz CT molecular complexity index is 328. The molecule has 2 rings (SSSR count). The average molecular weight is 189 g/mol. The van der Waals surface area contributed by atoms with Gasteiger partial charge in [0, 0.05) is 12.2 Å². The fourth-order valence-corrected chi connectivity index (χ4v) is 2.36. The second-order valence-electron chi connectivity index (χ2n) is 4.66. The molecule has 0 aliphatic carbocycles. The third-order valence-corrected chi connectivity index (χ3v) is 3.18. The van der Waals surface area contributed by atoms with Gasteiger partial charge in [-0.2, -0.15) is 0 Å². The van der Waals surface area contributed by atoms with Crippen molar-refractivity contribution in [3.63, 3.8) is 0 Å². The Morgan fingerprint density at radius 3 is 2.86 bits per heavy atom. The third kappa shape index (κ3) is 1.63. The van der Waals surface area contributed by atoms with Crippen molar-refractivity contribution in [2.45, 2.75) is 33.1 Å². The van der Waals surface area contributed by atoms with Gasteiger partial charge in [0.15, 0.2) is 0 Å². The van der Waals surface area contributed by atoms with E-state index in [1.54, 1.807) is 0 Å². The van der Waals surface area contributed by atoms with Crippen molar-refractivity contribution in [2.75, 3.05) is 11.9 Å². The van der Waals surface area contributed by atoms with Gasteiger partial charge >= 0.3 is 0 Å². The number of rotatable bonds is 1. The van der Waals surface area contributed by atoms with Crippen LogP contribution in [0.25, 0.3) is 0 Å². The van der Waals surface area contributed by atoms with Gasteiger partial charge in [0.2, 0.25) is 0 Å². The van der Waals surface area contributed by atoms with Gasteiger partial charge in [-0.3, -0.25) is 0 Å². The number of hydrogen-bond donors (Lipinski definition) is 1. The fourth-order valence-electron chi connectivity index (χ4n) is 2.36. The van der Waals surface area contributed by atoms with E-state index in [1.165, 1.54) is 23.2 Å². The Kier molecular flexibility index (Phi) is 2.49. The van der Waals surface area contributed by atoms with Crippen LogP contribution >= 0.6 is 0 Å². The summed E-state index contributed by atoms with van der Waals surface area (Å²) in [4.78, 5) is 0. The summed E-state index contributed by atoms with van der Waals surface area (Å²) in [5.74, 6) is 1.49. The fraction of sp³-hybridized carbons (Fsp3) is 0.538. The van der Waals surface area contributed by atoms with E-state index in [0.717, 1.165) is 18.4 Å². The number of hydrogen-bond acceptors (Lipinski definition) is 1. The van der Waals surface area contributed by atoms with Crippen LogP contribution in [0.3, 0.4) is 0 Å². The van der Waals surface area contributed by atoms with Crippen LogP contribution in [0.1, 0.15) is 37.3 Å². The van der Waals surface area contributed by atoms with Gasteiger partial charge in [0.1, 0.15) is 0 Å². The zero-order valence-corrected chi connectivity index (χ0v) is 9.30. The first kappa shape index (κ1) is 9.57. The molecule has 1 unspecified atom stereocenters. The van der Waals surface area contributed by atoms with Gasteiger partial charge in [0.25, 0.3) is 0 Å². The molecule has 1 aliphatic heterocycles. The van der Waals surface area contributed by atoms with Crippen molar-refractivity contribution in [1.29, 1.82) is 0 Å². The largest absolute Gasteiger partial charge is 0.385 e. The van der Waals surface area contributed by atoms with Crippen LogP contribution in [0.15, 0.2) is 18.2 Å². The van der Waals surface area contributed by atoms with Crippen LogP contribution in [0.2, 0.25) is 0 Å². The minimum absolute atomic E-state index is 0.742. The van der Waals surface area contributed by atoms with E-state index in [2.05, 4.69) is 44.3 Å². The monoisotopic (exact) mass is 189 g/mol. The van der Waals surface area contributed by atoms with E-state index in [4.69, 9.17) is 0 Å². The first-order valence-electron chi connectivity index (χ1n) is 5.53. The maximum atomic E-state index is 3.47. The smallest absolute Gasteiger partial charge is 0.0375 e. The number of fused-ring (bicyclic) bond motifs is 1. The molecule has 0 bridgehead atoms. The van der Waals surface area contributed by atoms with Gasteiger partial charge in [-0.25, -0.2) is 0 Å². The molecule has 76 valence electrons. The lowest BCUT2D eigenvalue weighted by Crippen LogP contribution is -2.20. The molecule has 1 heteroatoms. The molecule has 14 heavy (non-hydrogen) atoms. The second-order valence-corrected chi connectivity index (χ2v) is 4.66. The van der Waals surface area contributed by atoms with E-state index < -0.39 is 0 Å². The summed E-state index contributed by atoms with van der Waals surface area (Å²) in [7, 11) is 0. The molecule has 0 saturated carbocycles. The highest BCUT2D eigenvalue weighted by atomic mass is 14.9. The number of aryl methyl sites for hydroxylation is 1. The lowest BCUT2D eigenvalue weighted by atomic mass is 9.82. The Hall–Kier alpha value is -0.980. The van der Waals surface area contributed by atoms with Crippen LogP contribution in [0.5, 0.6) is 0 Å². The molecule has 1 nitrogen and oxygen atoms in total. The Labute approximate surface area is 86.5 Å². The lowest BCUT2D eigenvalue weighted by molar-refractivity contribution is 0.469. The maximum absolute atomic E-state index is 3.47. The zero-order valence-electron chi connectivity index (χ0n) is 9.30. The van der Waals surface area contributed by atoms with Gasteiger partial charge in [-0.15, -0.1) is 0 Å². The van der Waals surface area contributed by atoms with E-state index in [-0.39, 0.29) is 0 Å². The molecule has 1 atom stereocenters. The first-order valence-corrected chi connectivity index (χ1v) is 5.53. The molecule has 0 amide bonds. The molecule has 0 radical (unpaired) electrons. The Morgan fingerprint density at radius 2 is 2.14 bits per heavy atom. The van der Waals surface area contributed by atoms with Crippen molar-refractivity contribution < 1.29 is 0 Å². The van der Waals surface area contributed by atoms with Crippen LogP contribution in [0.4, 0.5) is 5.69 Å². The summed E-state index contributed by atoms with van der Waals surface area (Å²) in [6.07, 6.45) is 1.27. The summed E-state index contributed by atoms with van der Waals surface area (Å²) >= 11 is 0. The molecule has 0 saturated heterocycles. The summed E-state index contributed by atoms with van der Waals surface area (Å²) in [5, 5.41) is 3.47. The van der Waals surface area contributed by atoms with Gasteiger partial charge < -0.3 is 5.32 Å². The average Bonchev–Trinajstić information content (AvgIpc) is 2.16. The molecule has 1 aromatic rings. The Balaban J connectivity index is 2.41. The Morgan fingerprint density at radius 1 is 1.36 bits per heavy atom. The number of benzene rings is 1. The van der Waals surface area contributed by atoms with Crippen LogP contribution in [-0.2, 0) is 0 Å². The number of nitrogens with one attached hydrogen (secondary N) is 1. The molecule has 0 aromatic heterocycles. The minimum Gasteiger partial charge on any atom is -0.385 e. The molecular formula is C13H19N. The summed E-state index contributed by atoms with van der Waals surface area (Å²) in [5.41, 5.74) is 4.24. The van der Waals surface area contributed by atoms with Crippen LogP contribution in [-0.4, -0.2) is 6.54 Å². The first-order chi connectivity index (χ1) is 6.68. The number of anilines is 1. The summed E-state index contributed by atoms with van der Waals surface area (Å²) < 4.78 is 0. The van der Waals surface area contributed by atoms with E-state index in [1.807, 2.05) is 0 Å². The molecule has 0 fully saturated rings. The molecule has 1 aromatic carbocycles. The van der Waals surface area contributed by atoms with Crippen molar-refractivity contribution in [3.05, 3.63) is 29.3 Å². The standard InChI is InChI=1S/C13H19N/c1-9(2)11-6-7-14-13-5-4-10(3)8-12(11)13/h4-5,8-9,11,14H,6-7H2,1-3H3. The predicted octanol–water partition coefficient (Wildman–Crippen LogP) is 3.55. The normalized spacial score (nSPS) is 20.4. The SMILES string of the molecule is Cc1ccc2c(c1)C(C(C)C)CCN2. The van der Waals surface area contributed by atoms with Crippen LogP contribution < -0.4 is 5.32 Å². The van der Waals surface area contributed by atoms with E-state index in [9.17, 15) is 0 Å². The third-order valence-electron chi connectivity index (χ3n) is 3.18. The van der Waals surface area contributed by atoms with E-state index >= 15 is 0 Å². The van der Waals surface area contributed by atoms with Gasteiger partial charge in [-0.05, 0) is 36.8 Å². The predicted molar refractivity (Wildman–Crippen MR) is 61.9 cm³/mol. The molecule has 1 heterocycles. The molecule has 1 N–H and O–H groups in total. The van der Waals surface area contributed by atoms with Crippen molar-refractivity contribution in [2.24, 2.45) is 5.92 Å². The molecule has 1 aliphatic rings. The van der Waals surface area contributed by atoms with Crippen LogP contribution in [0, 0.1) is 12.8 Å². The zero-order chi connectivity index (χ0) is 10.1. The quantitative estimate of drug-likeness (QED) is 0.712. The minimum atomic E-state index is 0.742. The van der Waals surface area contributed by atoms with Crippen molar-refractivity contribution >= 4 is 5.69 Å². The van der Waals surface area contributed by atoms with Gasteiger partial charge in [-0.1, -0.05) is 31.5 Å². The second kappa shape index (κ2) is 3.64. The summed E-state index contributed by atoms with van der Waals surface area (Å²) in [6.45, 7) is 7.94. The van der Waals surface area contributed by atoms with Crippen molar-refractivity contribution in [1.82, 2.24) is 0 Å². The molecule has 0 spiro atoms. The van der Waals surface area contributed by atoms with E-state index in [0.29, 0.717) is 0 Å². The highest BCUT2D eigenvalue weighted by Crippen LogP contribution is 2.36.